The first kappa shape index (κ1) is 15.4. The zero-order valence-electron chi connectivity index (χ0n) is 11.9. The molecule has 0 aliphatic carbocycles. The molecule has 0 bridgehead atoms. The number of hydrogen-bond donors (Lipinski definition) is 1. The van der Waals surface area contributed by atoms with Gasteiger partial charge >= 0.3 is 0 Å². The van der Waals surface area contributed by atoms with Gasteiger partial charge in [0.2, 0.25) is 10.0 Å². The van der Waals surface area contributed by atoms with Gasteiger partial charge in [-0.15, -0.1) is 0 Å². The van der Waals surface area contributed by atoms with Gasteiger partial charge in [0, 0.05) is 38.9 Å². The van der Waals surface area contributed by atoms with Gasteiger partial charge < -0.3 is 10.6 Å². The van der Waals surface area contributed by atoms with Crippen LogP contribution in [0.3, 0.4) is 0 Å². The molecule has 1 fully saturated rings. The van der Waals surface area contributed by atoms with Crippen LogP contribution in [0.15, 0.2) is 17.3 Å². The molecule has 0 aromatic carbocycles. The van der Waals surface area contributed by atoms with Crippen LogP contribution in [0.25, 0.3) is 0 Å². The molecule has 2 heterocycles. The van der Waals surface area contributed by atoms with Gasteiger partial charge in [-0.2, -0.15) is 9.40 Å². The third-order valence-electron chi connectivity index (χ3n) is 3.48. The van der Waals surface area contributed by atoms with Crippen LogP contribution in [0.2, 0.25) is 0 Å². The first-order chi connectivity index (χ1) is 9.57. The average molecular weight is 301 g/mol. The number of nitrogens with two attached hydrogens (primary N) is 1. The van der Waals surface area contributed by atoms with Crippen molar-refractivity contribution in [2.75, 3.05) is 39.3 Å². The highest BCUT2D eigenvalue weighted by Crippen LogP contribution is 2.17. The molecular formula is C12H23N5O2S. The standard InChI is InChI=1S/C12H23N5O2S/c1-2-4-15-6-8-17(9-7-15)20(18,19)12-10-14-16(11-12)5-3-13/h10-11H,2-9,13H2,1H3. The monoisotopic (exact) mass is 301 g/mol. The molecule has 7 nitrogen and oxygen atoms in total. The van der Waals surface area contributed by atoms with E-state index in [4.69, 9.17) is 5.73 Å². The van der Waals surface area contributed by atoms with Gasteiger partial charge in [0.1, 0.15) is 4.90 Å². The number of hydrogen-bond acceptors (Lipinski definition) is 5. The van der Waals surface area contributed by atoms with Crippen molar-refractivity contribution in [2.24, 2.45) is 5.73 Å². The van der Waals surface area contributed by atoms with Crippen LogP contribution < -0.4 is 5.73 Å². The van der Waals surface area contributed by atoms with Crippen LogP contribution in [-0.2, 0) is 16.6 Å². The van der Waals surface area contributed by atoms with Crippen LogP contribution in [0.5, 0.6) is 0 Å². The molecule has 20 heavy (non-hydrogen) atoms. The maximum atomic E-state index is 12.5. The Morgan fingerprint density at radius 3 is 2.55 bits per heavy atom. The molecule has 1 aliphatic rings. The van der Waals surface area contributed by atoms with Gasteiger partial charge in [-0.25, -0.2) is 8.42 Å². The van der Waals surface area contributed by atoms with Gasteiger partial charge in [0.05, 0.1) is 12.7 Å². The topological polar surface area (TPSA) is 84.5 Å². The molecule has 0 unspecified atom stereocenters. The van der Waals surface area contributed by atoms with E-state index in [9.17, 15) is 8.42 Å². The molecule has 2 rings (SSSR count). The van der Waals surface area contributed by atoms with Crippen molar-refractivity contribution in [3.8, 4) is 0 Å². The minimum atomic E-state index is -3.42. The third kappa shape index (κ3) is 3.38. The second kappa shape index (κ2) is 6.66. The van der Waals surface area contributed by atoms with E-state index >= 15 is 0 Å². The summed E-state index contributed by atoms with van der Waals surface area (Å²) in [5, 5.41) is 4.03. The third-order valence-corrected chi connectivity index (χ3v) is 5.33. The second-order valence-corrected chi connectivity index (χ2v) is 6.91. The lowest BCUT2D eigenvalue weighted by atomic mass is 10.3. The fraction of sp³-hybridized carbons (Fsp3) is 0.750. The van der Waals surface area contributed by atoms with Gasteiger partial charge in [-0.1, -0.05) is 6.92 Å². The largest absolute Gasteiger partial charge is 0.329 e. The van der Waals surface area contributed by atoms with E-state index in [1.54, 1.807) is 15.2 Å². The van der Waals surface area contributed by atoms with E-state index in [2.05, 4.69) is 16.9 Å². The molecule has 0 spiro atoms. The summed E-state index contributed by atoms with van der Waals surface area (Å²) in [5.41, 5.74) is 5.44. The summed E-state index contributed by atoms with van der Waals surface area (Å²) in [6.07, 6.45) is 4.06. The van der Waals surface area contributed by atoms with Crippen molar-refractivity contribution in [3.05, 3.63) is 12.4 Å². The highest BCUT2D eigenvalue weighted by Gasteiger charge is 2.29. The Labute approximate surface area is 120 Å². The van der Waals surface area contributed by atoms with Crippen molar-refractivity contribution in [1.82, 2.24) is 19.0 Å². The first-order valence-corrected chi connectivity index (χ1v) is 8.47. The number of nitrogens with zero attached hydrogens (tertiary/aromatic N) is 4. The van der Waals surface area contributed by atoms with Gasteiger partial charge in [-0.05, 0) is 13.0 Å². The molecular weight excluding hydrogens is 278 g/mol. The molecule has 1 aromatic heterocycles. The van der Waals surface area contributed by atoms with E-state index in [-0.39, 0.29) is 4.90 Å². The Morgan fingerprint density at radius 1 is 1.25 bits per heavy atom. The number of piperazine rings is 1. The zero-order valence-corrected chi connectivity index (χ0v) is 12.7. The zero-order chi connectivity index (χ0) is 14.6. The summed E-state index contributed by atoms with van der Waals surface area (Å²) in [5.74, 6) is 0. The van der Waals surface area contributed by atoms with Crippen LogP contribution in [0.1, 0.15) is 13.3 Å². The first-order valence-electron chi connectivity index (χ1n) is 7.03. The highest BCUT2D eigenvalue weighted by molar-refractivity contribution is 7.89. The smallest absolute Gasteiger partial charge is 0.246 e. The Hall–Kier alpha value is -0.960. The van der Waals surface area contributed by atoms with E-state index < -0.39 is 10.0 Å². The summed E-state index contributed by atoms with van der Waals surface area (Å²) in [7, 11) is -3.42. The Kier molecular flexibility index (Phi) is 5.14. The Balaban J connectivity index is 2.03. The van der Waals surface area contributed by atoms with E-state index in [0.29, 0.717) is 26.2 Å². The maximum absolute atomic E-state index is 12.5. The maximum Gasteiger partial charge on any atom is 0.246 e. The quantitative estimate of drug-likeness (QED) is 0.770. The Bertz CT molecular complexity index is 520. The summed E-state index contributed by atoms with van der Waals surface area (Å²) >= 11 is 0. The Morgan fingerprint density at radius 2 is 1.95 bits per heavy atom. The van der Waals surface area contributed by atoms with Gasteiger partial charge in [0.25, 0.3) is 0 Å². The molecule has 1 aliphatic heterocycles. The van der Waals surface area contributed by atoms with Crippen LogP contribution >= 0.6 is 0 Å². The average Bonchev–Trinajstić information content (AvgIpc) is 2.90. The van der Waals surface area contributed by atoms with Crippen molar-refractivity contribution in [1.29, 1.82) is 0 Å². The number of sulfonamides is 1. The molecule has 1 aromatic rings. The minimum Gasteiger partial charge on any atom is -0.329 e. The normalized spacial score (nSPS) is 18.5. The second-order valence-electron chi connectivity index (χ2n) is 4.97. The summed E-state index contributed by atoms with van der Waals surface area (Å²) in [6, 6.07) is 0. The molecule has 8 heteroatoms. The molecule has 0 atom stereocenters. The fourth-order valence-electron chi connectivity index (χ4n) is 2.39. The summed E-state index contributed by atoms with van der Waals surface area (Å²) < 4.78 is 28.1. The molecule has 0 saturated carbocycles. The molecule has 0 radical (unpaired) electrons. The van der Waals surface area contributed by atoms with Crippen molar-refractivity contribution < 1.29 is 8.42 Å². The van der Waals surface area contributed by atoms with Crippen LogP contribution in [0, 0.1) is 0 Å². The lowest BCUT2D eigenvalue weighted by molar-refractivity contribution is 0.188. The van der Waals surface area contributed by atoms with E-state index in [0.717, 1.165) is 26.1 Å². The van der Waals surface area contributed by atoms with Gasteiger partial charge in [0.15, 0.2) is 0 Å². The molecule has 2 N–H and O–H groups in total. The number of aromatic nitrogens is 2. The SMILES string of the molecule is CCCN1CCN(S(=O)(=O)c2cnn(CCN)c2)CC1. The van der Waals surface area contributed by atoms with Crippen molar-refractivity contribution in [2.45, 2.75) is 24.8 Å². The van der Waals surface area contributed by atoms with E-state index in [1.807, 2.05) is 0 Å². The van der Waals surface area contributed by atoms with Crippen molar-refractivity contribution in [3.63, 3.8) is 0 Å². The van der Waals surface area contributed by atoms with Crippen LogP contribution in [-0.4, -0.2) is 66.7 Å². The lowest BCUT2D eigenvalue weighted by Gasteiger charge is -2.33. The lowest BCUT2D eigenvalue weighted by Crippen LogP contribution is -2.48. The fourth-order valence-corrected chi connectivity index (χ4v) is 3.77. The molecule has 1 saturated heterocycles. The molecule has 114 valence electrons. The summed E-state index contributed by atoms with van der Waals surface area (Å²) in [4.78, 5) is 2.55. The predicted molar refractivity (Wildman–Crippen MR) is 76.8 cm³/mol. The number of rotatable bonds is 6. The highest BCUT2D eigenvalue weighted by atomic mass is 32.2. The van der Waals surface area contributed by atoms with Gasteiger partial charge in [-0.3, -0.25) is 4.68 Å². The molecule has 0 amide bonds. The van der Waals surface area contributed by atoms with E-state index in [1.165, 1.54) is 6.20 Å². The predicted octanol–water partition coefficient (Wildman–Crippen LogP) is -0.442. The van der Waals surface area contributed by atoms with Crippen LogP contribution in [0.4, 0.5) is 0 Å². The van der Waals surface area contributed by atoms with Crippen molar-refractivity contribution >= 4 is 10.0 Å². The summed E-state index contributed by atoms with van der Waals surface area (Å²) in [6.45, 7) is 6.82. The minimum absolute atomic E-state index is 0.259.